The third-order valence-corrected chi connectivity index (χ3v) is 6.69. The highest BCUT2D eigenvalue weighted by atomic mass is 32.1. The van der Waals surface area contributed by atoms with E-state index >= 15 is 0 Å². The first-order valence-electron chi connectivity index (χ1n) is 8.66. The van der Waals surface area contributed by atoms with Crippen LogP contribution in [0.2, 0.25) is 0 Å². The summed E-state index contributed by atoms with van der Waals surface area (Å²) in [5, 5.41) is 11.7. The number of hydrogen-bond donors (Lipinski definition) is 1. The summed E-state index contributed by atoms with van der Waals surface area (Å²) in [6, 6.07) is 0. The Kier molecular flexibility index (Phi) is 4.42. The Bertz CT molecular complexity index is 485. The zero-order chi connectivity index (χ0) is 15.0. The van der Waals surface area contributed by atoms with E-state index in [1.54, 1.807) is 11.3 Å². The van der Waals surface area contributed by atoms with Crippen molar-refractivity contribution in [2.75, 3.05) is 0 Å². The van der Waals surface area contributed by atoms with Crippen molar-refractivity contribution < 1.29 is 5.11 Å². The van der Waals surface area contributed by atoms with Gasteiger partial charge in [0.2, 0.25) is 0 Å². The molecule has 0 radical (unpaired) electrons. The predicted molar refractivity (Wildman–Crippen MR) is 88.8 cm³/mol. The van der Waals surface area contributed by atoms with Crippen molar-refractivity contribution in [3.63, 3.8) is 0 Å². The molecule has 0 saturated heterocycles. The van der Waals surface area contributed by atoms with Crippen LogP contribution in [0.5, 0.6) is 0 Å². The Morgan fingerprint density at radius 1 is 1.24 bits per heavy atom. The van der Waals surface area contributed by atoms with E-state index in [1.165, 1.54) is 54.1 Å². The molecule has 2 aliphatic rings. The minimum atomic E-state index is -0.286. The molecule has 1 unspecified atom stereocenters. The molecular formula is C18H29NOS. The number of aliphatic hydroxyl groups is 1. The van der Waals surface area contributed by atoms with Crippen LogP contribution in [0.15, 0.2) is 0 Å². The molecule has 1 aromatic heterocycles. The molecule has 1 N–H and O–H groups in total. The molecule has 1 saturated carbocycles. The summed E-state index contributed by atoms with van der Waals surface area (Å²) in [6.07, 6.45) is 9.69. The van der Waals surface area contributed by atoms with Crippen LogP contribution in [-0.2, 0) is 6.42 Å². The SMILES string of the molecule is CCCC1CCC(c2nc3c(s2)C(O)CC(C)(C)C3)CC1. The van der Waals surface area contributed by atoms with Gasteiger partial charge in [0.1, 0.15) is 0 Å². The smallest absolute Gasteiger partial charge is 0.0963 e. The van der Waals surface area contributed by atoms with Crippen molar-refractivity contribution in [1.82, 2.24) is 4.98 Å². The molecule has 1 atom stereocenters. The molecule has 0 aromatic carbocycles. The molecule has 0 amide bonds. The van der Waals surface area contributed by atoms with Crippen molar-refractivity contribution in [3.8, 4) is 0 Å². The van der Waals surface area contributed by atoms with Crippen LogP contribution < -0.4 is 0 Å². The van der Waals surface area contributed by atoms with Crippen LogP contribution in [0.4, 0.5) is 0 Å². The van der Waals surface area contributed by atoms with Crippen molar-refractivity contribution in [2.24, 2.45) is 11.3 Å². The molecular weight excluding hydrogens is 278 g/mol. The largest absolute Gasteiger partial charge is 0.387 e. The average Bonchev–Trinajstić information content (AvgIpc) is 2.82. The van der Waals surface area contributed by atoms with E-state index < -0.39 is 0 Å². The molecule has 1 aromatic rings. The van der Waals surface area contributed by atoms with Gasteiger partial charge in [0.15, 0.2) is 0 Å². The van der Waals surface area contributed by atoms with Crippen LogP contribution in [0.1, 0.15) is 93.3 Å². The van der Waals surface area contributed by atoms with Gasteiger partial charge in [-0.25, -0.2) is 4.98 Å². The summed E-state index contributed by atoms with van der Waals surface area (Å²) in [6.45, 7) is 6.78. The number of hydrogen-bond acceptors (Lipinski definition) is 3. The molecule has 1 fully saturated rings. The second-order valence-electron chi connectivity index (χ2n) is 7.93. The maximum absolute atomic E-state index is 10.4. The summed E-state index contributed by atoms with van der Waals surface area (Å²) in [5.41, 5.74) is 1.38. The van der Waals surface area contributed by atoms with Crippen LogP contribution in [0.25, 0.3) is 0 Å². The Labute approximate surface area is 133 Å². The fourth-order valence-corrected chi connectivity index (χ4v) is 5.43. The number of nitrogens with zero attached hydrogens (tertiary/aromatic N) is 1. The van der Waals surface area contributed by atoms with Gasteiger partial charge in [-0.2, -0.15) is 0 Å². The van der Waals surface area contributed by atoms with Gasteiger partial charge in [-0.05, 0) is 49.9 Å². The Balaban J connectivity index is 1.71. The van der Waals surface area contributed by atoms with Gasteiger partial charge in [-0.1, -0.05) is 33.6 Å². The van der Waals surface area contributed by atoms with Gasteiger partial charge in [0.05, 0.1) is 21.7 Å². The van der Waals surface area contributed by atoms with Crippen molar-refractivity contribution in [3.05, 3.63) is 15.6 Å². The van der Waals surface area contributed by atoms with Gasteiger partial charge in [0, 0.05) is 5.92 Å². The first-order chi connectivity index (χ1) is 9.98. The van der Waals surface area contributed by atoms with Crippen LogP contribution >= 0.6 is 11.3 Å². The summed E-state index contributed by atoms with van der Waals surface area (Å²) in [7, 11) is 0. The van der Waals surface area contributed by atoms with Gasteiger partial charge in [-0.15, -0.1) is 11.3 Å². The van der Waals surface area contributed by atoms with E-state index in [0.717, 1.165) is 18.8 Å². The molecule has 1 heterocycles. The topological polar surface area (TPSA) is 33.1 Å². The summed E-state index contributed by atoms with van der Waals surface area (Å²) < 4.78 is 0. The number of rotatable bonds is 3. The normalized spacial score (nSPS) is 31.9. The van der Waals surface area contributed by atoms with Gasteiger partial charge < -0.3 is 5.11 Å². The third kappa shape index (κ3) is 3.34. The molecule has 118 valence electrons. The van der Waals surface area contributed by atoms with E-state index in [9.17, 15) is 5.11 Å². The highest BCUT2D eigenvalue weighted by Gasteiger charge is 2.35. The van der Waals surface area contributed by atoms with Gasteiger partial charge >= 0.3 is 0 Å². The lowest BCUT2D eigenvalue weighted by Crippen LogP contribution is -2.24. The molecule has 0 bridgehead atoms. The minimum Gasteiger partial charge on any atom is -0.387 e. The highest BCUT2D eigenvalue weighted by molar-refractivity contribution is 7.11. The van der Waals surface area contributed by atoms with Crippen molar-refractivity contribution >= 4 is 11.3 Å². The monoisotopic (exact) mass is 307 g/mol. The molecule has 0 spiro atoms. The first kappa shape index (κ1) is 15.5. The van der Waals surface area contributed by atoms with E-state index in [-0.39, 0.29) is 11.5 Å². The number of thiazole rings is 1. The second-order valence-corrected chi connectivity index (χ2v) is 8.99. The molecule has 2 aliphatic carbocycles. The second kappa shape index (κ2) is 6.00. The summed E-state index contributed by atoms with van der Waals surface area (Å²) in [4.78, 5) is 6.12. The lowest BCUT2D eigenvalue weighted by Gasteiger charge is -2.31. The number of aliphatic hydroxyl groups excluding tert-OH is 1. The zero-order valence-electron chi connectivity index (χ0n) is 13.7. The molecule has 21 heavy (non-hydrogen) atoms. The predicted octanol–water partition coefficient (Wildman–Crippen LogP) is 5.22. The summed E-state index contributed by atoms with van der Waals surface area (Å²) in [5.74, 6) is 1.61. The molecule has 3 rings (SSSR count). The molecule has 3 heteroatoms. The highest BCUT2D eigenvalue weighted by Crippen LogP contribution is 2.46. The maximum atomic E-state index is 10.4. The van der Waals surface area contributed by atoms with Gasteiger partial charge in [-0.3, -0.25) is 0 Å². The fourth-order valence-electron chi connectivity index (χ4n) is 4.19. The Morgan fingerprint density at radius 2 is 1.95 bits per heavy atom. The van der Waals surface area contributed by atoms with Gasteiger partial charge in [0.25, 0.3) is 0 Å². The Hall–Kier alpha value is -0.410. The molecule has 2 nitrogen and oxygen atoms in total. The van der Waals surface area contributed by atoms with Crippen molar-refractivity contribution in [1.29, 1.82) is 0 Å². The van der Waals surface area contributed by atoms with E-state index in [1.807, 2.05) is 0 Å². The number of fused-ring (bicyclic) bond motifs is 1. The first-order valence-corrected chi connectivity index (χ1v) is 9.47. The van der Waals surface area contributed by atoms with E-state index in [4.69, 9.17) is 4.98 Å². The quantitative estimate of drug-likeness (QED) is 0.830. The van der Waals surface area contributed by atoms with Crippen LogP contribution in [0.3, 0.4) is 0 Å². The maximum Gasteiger partial charge on any atom is 0.0963 e. The standard InChI is InChI=1S/C18H29NOS/c1-4-5-12-6-8-13(9-7-12)17-19-14-10-18(2,3)11-15(20)16(14)21-17/h12-13,15,20H,4-11H2,1-3H3. The average molecular weight is 308 g/mol. The van der Waals surface area contributed by atoms with Crippen LogP contribution in [0, 0.1) is 11.3 Å². The third-order valence-electron chi connectivity index (χ3n) is 5.33. The lowest BCUT2D eigenvalue weighted by atomic mass is 9.77. The van der Waals surface area contributed by atoms with E-state index in [0.29, 0.717) is 5.92 Å². The lowest BCUT2D eigenvalue weighted by molar-refractivity contribution is 0.102. The van der Waals surface area contributed by atoms with Crippen molar-refractivity contribution in [2.45, 2.75) is 84.2 Å². The Morgan fingerprint density at radius 3 is 2.62 bits per heavy atom. The zero-order valence-corrected chi connectivity index (χ0v) is 14.5. The summed E-state index contributed by atoms with van der Waals surface area (Å²) >= 11 is 1.80. The number of aromatic nitrogens is 1. The minimum absolute atomic E-state index is 0.191. The molecule has 0 aliphatic heterocycles. The van der Waals surface area contributed by atoms with E-state index in [2.05, 4.69) is 20.8 Å². The fraction of sp³-hybridized carbons (Fsp3) is 0.833. The van der Waals surface area contributed by atoms with Crippen LogP contribution in [-0.4, -0.2) is 10.1 Å².